The molecule has 1 aromatic carbocycles. The van der Waals surface area contributed by atoms with Gasteiger partial charge in [0, 0.05) is 19.8 Å². The third-order valence-corrected chi connectivity index (χ3v) is 2.37. The first-order valence-electron chi connectivity index (χ1n) is 5.08. The fourth-order valence-electron chi connectivity index (χ4n) is 1.43. The number of anilines is 1. The third kappa shape index (κ3) is 2.13. The molecule has 1 aliphatic heterocycles. The molecule has 0 fully saturated rings. The number of aliphatic imine (C=N–C) groups is 1. The van der Waals surface area contributed by atoms with Gasteiger partial charge in [-0.05, 0) is 24.3 Å². The van der Waals surface area contributed by atoms with Crippen molar-refractivity contribution in [2.75, 3.05) is 25.5 Å². The number of nitrogens with zero attached hydrogens (tertiary/aromatic N) is 3. The van der Waals surface area contributed by atoms with Crippen LogP contribution < -0.4 is 16.1 Å². The zero-order chi connectivity index (χ0) is 11.5. The van der Waals surface area contributed by atoms with Crippen molar-refractivity contribution in [1.82, 2.24) is 5.43 Å². The maximum atomic E-state index is 5.65. The minimum atomic E-state index is 0.469. The van der Waals surface area contributed by atoms with Crippen LogP contribution in [0.3, 0.4) is 0 Å². The van der Waals surface area contributed by atoms with Crippen molar-refractivity contribution in [3.63, 3.8) is 0 Å². The molecule has 0 unspecified atom stereocenters. The van der Waals surface area contributed by atoms with E-state index in [-0.39, 0.29) is 0 Å². The van der Waals surface area contributed by atoms with Crippen LogP contribution in [-0.2, 0) is 0 Å². The van der Waals surface area contributed by atoms with Crippen molar-refractivity contribution in [3.05, 3.63) is 24.3 Å². The van der Waals surface area contributed by atoms with Gasteiger partial charge in [-0.3, -0.25) is 0 Å². The van der Waals surface area contributed by atoms with Crippen LogP contribution in [0.5, 0.6) is 0 Å². The van der Waals surface area contributed by atoms with E-state index >= 15 is 0 Å². The Morgan fingerprint density at radius 2 is 2.00 bits per heavy atom. The Bertz CT molecular complexity index is 430. The van der Waals surface area contributed by atoms with Crippen LogP contribution in [0.4, 0.5) is 11.4 Å². The van der Waals surface area contributed by atoms with E-state index in [1.54, 1.807) is 0 Å². The molecule has 5 heteroatoms. The lowest BCUT2D eigenvalue weighted by atomic mass is 10.2. The van der Waals surface area contributed by atoms with E-state index in [0.717, 1.165) is 17.1 Å². The predicted octanol–water partition coefficient (Wildman–Crippen LogP) is 0.700. The second kappa shape index (κ2) is 4.22. The number of rotatable bonds is 2. The minimum Gasteiger partial charge on any atom is -0.381 e. The van der Waals surface area contributed by atoms with E-state index in [2.05, 4.69) is 15.5 Å². The molecule has 0 spiro atoms. The maximum absolute atomic E-state index is 5.65. The zero-order valence-corrected chi connectivity index (χ0v) is 9.44. The third-order valence-electron chi connectivity index (χ3n) is 2.37. The molecule has 0 atom stereocenters. The van der Waals surface area contributed by atoms with Crippen LogP contribution in [0.2, 0.25) is 0 Å². The fourth-order valence-corrected chi connectivity index (χ4v) is 1.43. The lowest BCUT2D eigenvalue weighted by molar-refractivity contribution is 0.877. The van der Waals surface area contributed by atoms with Crippen LogP contribution in [0, 0.1) is 0 Å². The molecule has 0 bridgehead atoms. The Morgan fingerprint density at radius 3 is 2.50 bits per heavy atom. The molecule has 1 aromatic rings. The lowest BCUT2D eigenvalue weighted by Crippen LogP contribution is -2.21. The van der Waals surface area contributed by atoms with Gasteiger partial charge in [-0.25, -0.2) is 4.99 Å². The summed E-state index contributed by atoms with van der Waals surface area (Å²) in [5, 5.41) is 3.86. The summed E-state index contributed by atoms with van der Waals surface area (Å²) in [5.74, 6) is 0.469. The second-order valence-electron chi connectivity index (χ2n) is 3.80. The van der Waals surface area contributed by atoms with Crippen molar-refractivity contribution >= 4 is 22.9 Å². The van der Waals surface area contributed by atoms with E-state index in [9.17, 15) is 0 Å². The average Bonchev–Trinajstić information content (AvgIpc) is 2.65. The number of nitrogens with one attached hydrogen (secondary N) is 1. The molecule has 16 heavy (non-hydrogen) atoms. The summed E-state index contributed by atoms with van der Waals surface area (Å²) in [6, 6.07) is 7.98. The number of amidine groups is 1. The van der Waals surface area contributed by atoms with Gasteiger partial charge in [0.1, 0.15) is 5.71 Å². The maximum Gasteiger partial charge on any atom is 0.166 e. The molecule has 1 heterocycles. The minimum absolute atomic E-state index is 0.469. The molecular weight excluding hydrogens is 202 g/mol. The molecule has 0 radical (unpaired) electrons. The number of hydrogen-bond acceptors (Lipinski definition) is 5. The van der Waals surface area contributed by atoms with Gasteiger partial charge < -0.3 is 16.1 Å². The molecule has 84 valence electrons. The molecule has 2 rings (SSSR count). The Kier molecular flexibility index (Phi) is 2.76. The lowest BCUT2D eigenvalue weighted by Gasteiger charge is -2.11. The van der Waals surface area contributed by atoms with Gasteiger partial charge in [0.15, 0.2) is 5.84 Å². The topological polar surface area (TPSA) is 66.0 Å². The summed E-state index contributed by atoms with van der Waals surface area (Å²) in [5.41, 5.74) is 11.3. The molecular formula is C11H15N5. The molecule has 1 aliphatic rings. The van der Waals surface area contributed by atoms with Gasteiger partial charge in [0.25, 0.3) is 0 Å². The molecule has 0 saturated carbocycles. The predicted molar refractivity (Wildman–Crippen MR) is 67.5 cm³/mol. The van der Waals surface area contributed by atoms with E-state index in [0.29, 0.717) is 12.4 Å². The summed E-state index contributed by atoms with van der Waals surface area (Å²) in [4.78, 5) is 6.46. The molecule has 3 N–H and O–H groups in total. The Hall–Kier alpha value is -2.04. The molecule has 0 aliphatic carbocycles. The first kappa shape index (κ1) is 10.5. The highest BCUT2D eigenvalue weighted by molar-refractivity contribution is 6.43. The average molecular weight is 217 g/mol. The summed E-state index contributed by atoms with van der Waals surface area (Å²) >= 11 is 0. The summed E-state index contributed by atoms with van der Waals surface area (Å²) < 4.78 is 0. The summed E-state index contributed by atoms with van der Waals surface area (Å²) in [6.45, 7) is 0.598. The highest BCUT2D eigenvalue weighted by Gasteiger charge is 2.10. The second-order valence-corrected chi connectivity index (χ2v) is 3.80. The number of hydrogen-bond donors (Lipinski definition) is 2. The van der Waals surface area contributed by atoms with Crippen LogP contribution in [-0.4, -0.2) is 32.2 Å². The van der Waals surface area contributed by atoms with Gasteiger partial charge >= 0.3 is 0 Å². The van der Waals surface area contributed by atoms with Crippen LogP contribution >= 0.6 is 0 Å². The normalized spacial score (nSPS) is 17.1. The van der Waals surface area contributed by atoms with Crippen molar-refractivity contribution < 1.29 is 0 Å². The number of nitrogens with two attached hydrogens (primary N) is 1. The van der Waals surface area contributed by atoms with Crippen LogP contribution in [0.25, 0.3) is 0 Å². The van der Waals surface area contributed by atoms with Crippen molar-refractivity contribution in [1.29, 1.82) is 0 Å². The highest BCUT2D eigenvalue weighted by Crippen LogP contribution is 2.18. The van der Waals surface area contributed by atoms with E-state index in [1.165, 1.54) is 0 Å². The van der Waals surface area contributed by atoms with E-state index in [1.807, 2.05) is 43.3 Å². The quantitative estimate of drug-likeness (QED) is 0.766. The van der Waals surface area contributed by atoms with Crippen molar-refractivity contribution in [2.24, 2.45) is 15.8 Å². The van der Waals surface area contributed by atoms with Crippen LogP contribution in [0.1, 0.15) is 0 Å². The monoisotopic (exact) mass is 217 g/mol. The SMILES string of the molecule is CN(C)c1ccc(N=C2CNN=C2N)cc1. The zero-order valence-electron chi connectivity index (χ0n) is 9.44. The largest absolute Gasteiger partial charge is 0.381 e. The molecule has 0 saturated heterocycles. The van der Waals surface area contributed by atoms with Gasteiger partial charge in [-0.1, -0.05) is 0 Å². The van der Waals surface area contributed by atoms with E-state index in [4.69, 9.17) is 5.73 Å². The molecule has 0 aromatic heterocycles. The molecule has 0 amide bonds. The van der Waals surface area contributed by atoms with Gasteiger partial charge in [-0.2, -0.15) is 5.10 Å². The Balaban J connectivity index is 2.20. The smallest absolute Gasteiger partial charge is 0.166 e. The first-order valence-corrected chi connectivity index (χ1v) is 5.08. The van der Waals surface area contributed by atoms with Gasteiger partial charge in [-0.15, -0.1) is 0 Å². The van der Waals surface area contributed by atoms with E-state index < -0.39 is 0 Å². The van der Waals surface area contributed by atoms with Crippen molar-refractivity contribution in [2.45, 2.75) is 0 Å². The Morgan fingerprint density at radius 1 is 1.31 bits per heavy atom. The standard InChI is InChI=1S/C11H15N5/c1-16(2)9-5-3-8(4-6-9)14-10-7-13-15-11(10)12/h3-6,13H,7H2,1-2H3,(H2,12,15). The van der Waals surface area contributed by atoms with Gasteiger partial charge in [0.05, 0.1) is 12.2 Å². The highest BCUT2D eigenvalue weighted by atomic mass is 15.3. The van der Waals surface area contributed by atoms with Gasteiger partial charge in [0.2, 0.25) is 0 Å². The van der Waals surface area contributed by atoms with Crippen molar-refractivity contribution in [3.8, 4) is 0 Å². The summed E-state index contributed by atoms with van der Waals surface area (Å²) in [6.07, 6.45) is 0. The summed E-state index contributed by atoms with van der Waals surface area (Å²) in [7, 11) is 4.01. The molecule has 5 nitrogen and oxygen atoms in total. The number of hydrazone groups is 1. The fraction of sp³-hybridized carbons (Fsp3) is 0.273. The Labute approximate surface area is 94.7 Å². The van der Waals surface area contributed by atoms with Crippen LogP contribution in [0.15, 0.2) is 34.4 Å². The number of benzene rings is 1. The first-order chi connectivity index (χ1) is 7.66.